The molecule has 1 aliphatic carbocycles. The first kappa shape index (κ1) is 21.5. The first-order chi connectivity index (χ1) is 15.0. The van der Waals surface area contributed by atoms with E-state index >= 15 is 0 Å². The van der Waals surface area contributed by atoms with E-state index in [4.69, 9.17) is 25.4 Å². The van der Waals surface area contributed by atoms with Gasteiger partial charge in [0.25, 0.3) is 0 Å². The van der Waals surface area contributed by atoms with Gasteiger partial charge in [0.1, 0.15) is 23.5 Å². The lowest BCUT2D eigenvalue weighted by Gasteiger charge is -2.32. The number of aromatic nitrogens is 2. The van der Waals surface area contributed by atoms with Crippen molar-refractivity contribution in [3.63, 3.8) is 0 Å². The van der Waals surface area contributed by atoms with Crippen LogP contribution in [0.1, 0.15) is 43.9 Å². The molecular formula is C23H31N5O3. The Morgan fingerprint density at radius 2 is 1.97 bits per heavy atom. The molecular weight excluding hydrogens is 394 g/mol. The van der Waals surface area contributed by atoms with Gasteiger partial charge < -0.3 is 24.8 Å². The molecule has 0 bridgehead atoms. The number of anilines is 2. The molecule has 31 heavy (non-hydrogen) atoms. The zero-order valence-corrected chi connectivity index (χ0v) is 18.3. The van der Waals surface area contributed by atoms with Gasteiger partial charge in [-0.25, -0.2) is 9.97 Å². The van der Waals surface area contributed by atoms with Crippen LogP contribution in [0, 0.1) is 5.41 Å². The average Bonchev–Trinajstić information content (AvgIpc) is 3.52. The van der Waals surface area contributed by atoms with Crippen LogP contribution in [0.2, 0.25) is 0 Å². The molecule has 166 valence electrons. The molecule has 8 heteroatoms. The number of methoxy groups -OCH3 is 1. The van der Waals surface area contributed by atoms with Crippen molar-refractivity contribution in [1.29, 1.82) is 5.41 Å². The summed E-state index contributed by atoms with van der Waals surface area (Å²) >= 11 is 0. The predicted molar refractivity (Wildman–Crippen MR) is 120 cm³/mol. The summed E-state index contributed by atoms with van der Waals surface area (Å²) in [5, 5.41) is 8.72. The predicted octanol–water partition coefficient (Wildman–Crippen LogP) is 3.04. The molecule has 1 aliphatic heterocycles. The van der Waals surface area contributed by atoms with Crippen LogP contribution < -0.4 is 15.4 Å². The number of ether oxygens (including phenoxy) is 3. The number of benzene rings is 1. The molecule has 2 aromatic rings. The minimum absolute atomic E-state index is 0.0862. The maximum atomic E-state index is 8.72. The third-order valence-corrected chi connectivity index (χ3v) is 5.93. The molecule has 0 radical (unpaired) electrons. The topological polar surface area (TPSA) is 107 Å². The quantitative estimate of drug-likeness (QED) is 0.361. The number of hydrogen-bond acceptors (Lipinski definition) is 8. The van der Waals surface area contributed by atoms with Gasteiger partial charge in [-0.05, 0) is 50.8 Å². The molecule has 1 aromatic heterocycles. The Balaban J connectivity index is 1.44. The second-order valence-electron chi connectivity index (χ2n) is 8.49. The van der Waals surface area contributed by atoms with E-state index in [0.29, 0.717) is 30.2 Å². The van der Waals surface area contributed by atoms with Crippen LogP contribution in [0.4, 0.5) is 11.5 Å². The number of nitrogens with zero attached hydrogens (tertiary/aromatic N) is 3. The van der Waals surface area contributed by atoms with Crippen molar-refractivity contribution in [2.75, 3.05) is 44.0 Å². The highest BCUT2D eigenvalue weighted by Crippen LogP contribution is 2.40. The summed E-state index contributed by atoms with van der Waals surface area (Å²) in [6.07, 6.45) is 5.74. The first-order valence-corrected chi connectivity index (χ1v) is 10.8. The fourth-order valence-corrected chi connectivity index (χ4v) is 3.72. The molecule has 0 spiro atoms. The van der Waals surface area contributed by atoms with Crippen molar-refractivity contribution in [2.24, 2.45) is 0 Å². The van der Waals surface area contributed by atoms with E-state index in [-0.39, 0.29) is 17.4 Å². The van der Waals surface area contributed by atoms with Crippen molar-refractivity contribution in [1.82, 2.24) is 9.97 Å². The highest BCUT2D eigenvalue weighted by Gasteiger charge is 2.40. The van der Waals surface area contributed by atoms with Crippen molar-refractivity contribution < 1.29 is 14.2 Å². The van der Waals surface area contributed by atoms with E-state index in [1.165, 1.54) is 6.33 Å². The fraction of sp³-hybridized carbons (Fsp3) is 0.522. The normalized spacial score (nSPS) is 18.1. The van der Waals surface area contributed by atoms with Gasteiger partial charge in [-0.2, -0.15) is 0 Å². The molecule has 2 heterocycles. The second kappa shape index (κ2) is 9.20. The molecule has 1 saturated heterocycles. The van der Waals surface area contributed by atoms with Crippen LogP contribution in [0.15, 0.2) is 30.6 Å². The highest BCUT2D eigenvalue weighted by atomic mass is 16.5. The maximum Gasteiger partial charge on any atom is 0.132 e. The summed E-state index contributed by atoms with van der Waals surface area (Å²) in [6, 6.07) is 7.36. The van der Waals surface area contributed by atoms with Crippen LogP contribution in [0.5, 0.6) is 5.75 Å². The van der Waals surface area contributed by atoms with E-state index < -0.39 is 0 Å². The molecule has 2 fully saturated rings. The Bertz CT molecular complexity index is 923. The van der Waals surface area contributed by atoms with Gasteiger partial charge in [0, 0.05) is 37.5 Å². The molecule has 0 atom stereocenters. The molecule has 0 amide bonds. The molecule has 1 aromatic carbocycles. The number of hydrogen-bond donors (Lipinski definition) is 2. The Morgan fingerprint density at radius 1 is 1.19 bits per heavy atom. The summed E-state index contributed by atoms with van der Waals surface area (Å²) in [6.45, 7) is 5.04. The van der Waals surface area contributed by atoms with Gasteiger partial charge in [-0.1, -0.05) is 0 Å². The van der Waals surface area contributed by atoms with Gasteiger partial charge in [0.2, 0.25) is 0 Å². The summed E-state index contributed by atoms with van der Waals surface area (Å²) in [4.78, 5) is 11.0. The zero-order valence-electron chi connectivity index (χ0n) is 18.3. The SMILES string of the molecule is COCCOC1CCN(c2cc(C(=N)c3cc(OC4(C)CC4)ccc3N)ncn2)CC1. The fourth-order valence-electron chi connectivity index (χ4n) is 3.72. The largest absolute Gasteiger partial charge is 0.488 e. The zero-order chi connectivity index (χ0) is 21.8. The molecule has 2 aliphatic rings. The lowest BCUT2D eigenvalue weighted by atomic mass is 10.0. The third kappa shape index (κ3) is 5.32. The Hall–Kier alpha value is -2.71. The number of nitrogens with one attached hydrogen (secondary N) is 1. The Kier molecular flexibility index (Phi) is 6.38. The monoisotopic (exact) mass is 425 g/mol. The number of nitrogen functional groups attached to an aromatic ring is 1. The van der Waals surface area contributed by atoms with Gasteiger partial charge in [-0.3, -0.25) is 5.41 Å². The lowest BCUT2D eigenvalue weighted by molar-refractivity contribution is 0.00604. The second-order valence-corrected chi connectivity index (χ2v) is 8.49. The summed E-state index contributed by atoms with van der Waals surface area (Å²) < 4.78 is 16.9. The number of nitrogens with two attached hydrogens (primary N) is 1. The molecule has 0 unspecified atom stereocenters. The molecule has 4 rings (SSSR count). The van der Waals surface area contributed by atoms with Crippen molar-refractivity contribution in [3.05, 3.63) is 41.9 Å². The molecule has 3 N–H and O–H groups in total. The smallest absolute Gasteiger partial charge is 0.132 e. The van der Waals surface area contributed by atoms with Crippen molar-refractivity contribution in [2.45, 2.75) is 44.3 Å². The summed E-state index contributed by atoms with van der Waals surface area (Å²) in [5.74, 6) is 1.56. The number of piperidine rings is 1. The molecule has 8 nitrogen and oxygen atoms in total. The Morgan fingerprint density at radius 3 is 2.68 bits per heavy atom. The first-order valence-electron chi connectivity index (χ1n) is 10.8. The van der Waals surface area contributed by atoms with Crippen LogP contribution in [0.25, 0.3) is 0 Å². The van der Waals surface area contributed by atoms with E-state index in [1.807, 2.05) is 18.2 Å². The van der Waals surface area contributed by atoms with Gasteiger partial charge in [0.05, 0.1) is 30.7 Å². The van der Waals surface area contributed by atoms with Gasteiger partial charge >= 0.3 is 0 Å². The highest BCUT2D eigenvalue weighted by molar-refractivity contribution is 6.13. The van der Waals surface area contributed by atoms with Crippen LogP contribution in [-0.2, 0) is 9.47 Å². The van der Waals surface area contributed by atoms with Gasteiger partial charge in [0.15, 0.2) is 0 Å². The van der Waals surface area contributed by atoms with Crippen molar-refractivity contribution >= 4 is 17.2 Å². The minimum atomic E-state index is -0.0862. The summed E-state index contributed by atoms with van der Waals surface area (Å²) in [7, 11) is 1.68. The van der Waals surface area contributed by atoms with Crippen LogP contribution in [-0.4, -0.2) is 60.8 Å². The minimum Gasteiger partial charge on any atom is -0.488 e. The van der Waals surface area contributed by atoms with E-state index in [1.54, 1.807) is 13.2 Å². The standard InChI is InChI=1S/C23H31N5O3/c1-23(7-8-23)31-17-3-4-19(24)18(13-17)22(25)20-14-21(27-15-26-20)28-9-5-16(6-10-28)30-12-11-29-2/h3-4,13-16,25H,5-12,24H2,1-2H3. The average molecular weight is 426 g/mol. The third-order valence-electron chi connectivity index (χ3n) is 5.93. The van der Waals surface area contributed by atoms with Crippen molar-refractivity contribution in [3.8, 4) is 5.75 Å². The van der Waals surface area contributed by atoms with E-state index in [2.05, 4.69) is 21.8 Å². The molecule has 1 saturated carbocycles. The summed E-state index contributed by atoms with van der Waals surface area (Å²) in [5.41, 5.74) is 8.07. The Labute approximate surface area is 183 Å². The lowest BCUT2D eigenvalue weighted by Crippen LogP contribution is -2.38. The van der Waals surface area contributed by atoms with Gasteiger partial charge in [-0.15, -0.1) is 0 Å². The number of rotatable bonds is 9. The van der Waals surface area contributed by atoms with Crippen LogP contribution in [0.3, 0.4) is 0 Å². The van der Waals surface area contributed by atoms with Crippen LogP contribution >= 0.6 is 0 Å². The van der Waals surface area contributed by atoms with E-state index in [9.17, 15) is 0 Å². The maximum absolute atomic E-state index is 8.72. The van der Waals surface area contributed by atoms with E-state index in [0.717, 1.165) is 50.3 Å².